The van der Waals surface area contributed by atoms with E-state index in [1.54, 1.807) is 0 Å². The van der Waals surface area contributed by atoms with Crippen LogP contribution in [0.3, 0.4) is 0 Å². The second kappa shape index (κ2) is 6.23. The lowest BCUT2D eigenvalue weighted by Crippen LogP contribution is -2.55. The van der Waals surface area contributed by atoms with Crippen molar-refractivity contribution < 1.29 is 4.74 Å². The van der Waals surface area contributed by atoms with Crippen LogP contribution in [-0.2, 0) is 4.74 Å². The first-order valence-electron chi connectivity index (χ1n) is 7.52. The molecule has 0 radical (unpaired) electrons. The monoisotopic (exact) mass is 308 g/mol. The highest BCUT2D eigenvalue weighted by atomic mass is 32.1. The first kappa shape index (κ1) is 14.7. The topological polar surface area (TPSA) is 40.1 Å². The summed E-state index contributed by atoms with van der Waals surface area (Å²) in [5, 5.41) is 7.03. The van der Waals surface area contributed by atoms with E-state index in [1.165, 1.54) is 5.00 Å². The van der Waals surface area contributed by atoms with E-state index in [-0.39, 0.29) is 5.41 Å². The fourth-order valence-electron chi connectivity index (χ4n) is 2.77. The number of rotatable bonds is 3. The van der Waals surface area contributed by atoms with Crippen LogP contribution >= 0.6 is 11.3 Å². The molecule has 1 aromatic heterocycles. The van der Waals surface area contributed by atoms with Gasteiger partial charge in [0.1, 0.15) is 0 Å². The Balaban J connectivity index is 1.50. The highest BCUT2D eigenvalue weighted by molar-refractivity contribution is 7.14. The Labute approximate surface area is 130 Å². The van der Waals surface area contributed by atoms with Crippen molar-refractivity contribution in [1.82, 2.24) is 10.2 Å². The minimum absolute atomic E-state index is 0.273. The van der Waals surface area contributed by atoms with Gasteiger partial charge in [0.15, 0.2) is 5.96 Å². The van der Waals surface area contributed by atoms with E-state index in [0.29, 0.717) is 0 Å². The Morgan fingerprint density at radius 3 is 2.67 bits per heavy atom. The van der Waals surface area contributed by atoms with Gasteiger partial charge in [-0.25, -0.2) is 0 Å². The molecule has 3 rings (SSSR count). The summed E-state index contributed by atoms with van der Waals surface area (Å²) >= 11 is 1.82. The van der Waals surface area contributed by atoms with Gasteiger partial charge in [-0.3, -0.25) is 4.99 Å². The minimum Gasteiger partial charge on any atom is -0.380 e. The van der Waals surface area contributed by atoms with Crippen LogP contribution in [0.15, 0.2) is 22.5 Å². The number of hydrogen-bond donors (Lipinski definition) is 1. The van der Waals surface area contributed by atoms with E-state index in [4.69, 9.17) is 4.74 Å². The van der Waals surface area contributed by atoms with Gasteiger partial charge in [-0.1, -0.05) is 6.92 Å². The summed E-state index contributed by atoms with van der Waals surface area (Å²) in [5.41, 5.74) is 0.273. The van der Waals surface area contributed by atoms with Crippen molar-refractivity contribution >= 4 is 22.3 Å². The average molecular weight is 308 g/mol. The maximum absolute atomic E-state index is 5.31. The molecule has 0 spiro atoms. The lowest BCUT2D eigenvalue weighted by molar-refractivity contribution is -0.0972. The second-order valence-electron chi connectivity index (χ2n) is 6.13. The molecule has 0 aliphatic carbocycles. The zero-order valence-electron chi connectivity index (χ0n) is 12.8. The first-order valence-corrected chi connectivity index (χ1v) is 8.40. The van der Waals surface area contributed by atoms with Crippen LogP contribution in [0.4, 0.5) is 5.00 Å². The number of hydrogen-bond acceptors (Lipinski definition) is 4. The smallest absolute Gasteiger partial charge is 0.193 e. The third kappa shape index (κ3) is 3.32. The standard InChI is InChI=1S/C15H24N4OS/c1-15(11-20-12-15)10-17-14(16-2)19-7-5-18(6-8-19)13-4-3-9-21-13/h3-4,9H,5-8,10-12H2,1-2H3,(H,16,17). The highest BCUT2D eigenvalue weighted by Gasteiger charge is 2.33. The van der Waals surface area contributed by atoms with E-state index in [2.05, 4.69) is 44.5 Å². The molecule has 3 heterocycles. The van der Waals surface area contributed by atoms with Crippen LogP contribution in [0.1, 0.15) is 6.92 Å². The third-order valence-electron chi connectivity index (χ3n) is 4.18. The molecule has 2 saturated heterocycles. The number of piperazine rings is 1. The maximum atomic E-state index is 5.31. The Morgan fingerprint density at radius 2 is 2.14 bits per heavy atom. The van der Waals surface area contributed by atoms with Gasteiger partial charge < -0.3 is 19.9 Å². The summed E-state index contributed by atoms with van der Waals surface area (Å²) in [6.45, 7) is 9.04. The number of nitrogens with one attached hydrogen (secondary N) is 1. The average Bonchev–Trinajstić information content (AvgIpc) is 3.01. The predicted octanol–water partition coefficient (Wildman–Crippen LogP) is 1.48. The van der Waals surface area contributed by atoms with Gasteiger partial charge in [0, 0.05) is 45.2 Å². The molecule has 21 heavy (non-hydrogen) atoms. The predicted molar refractivity (Wildman–Crippen MR) is 88.4 cm³/mol. The van der Waals surface area contributed by atoms with E-state index in [1.807, 2.05) is 18.4 Å². The number of thiophene rings is 1. The molecule has 2 fully saturated rings. The Morgan fingerprint density at radius 1 is 1.38 bits per heavy atom. The summed E-state index contributed by atoms with van der Waals surface area (Å²) in [6.07, 6.45) is 0. The molecule has 2 aliphatic rings. The van der Waals surface area contributed by atoms with Crippen LogP contribution < -0.4 is 10.2 Å². The Bertz CT molecular complexity index is 476. The quantitative estimate of drug-likeness (QED) is 0.678. The van der Waals surface area contributed by atoms with Crippen LogP contribution in [0.2, 0.25) is 0 Å². The number of ether oxygens (including phenoxy) is 1. The minimum atomic E-state index is 0.273. The second-order valence-corrected chi connectivity index (χ2v) is 7.06. The summed E-state index contributed by atoms with van der Waals surface area (Å²) in [7, 11) is 1.87. The van der Waals surface area contributed by atoms with Gasteiger partial charge in [-0.2, -0.15) is 0 Å². The molecule has 1 N–H and O–H groups in total. The zero-order valence-corrected chi connectivity index (χ0v) is 13.7. The molecule has 0 saturated carbocycles. The van der Waals surface area contributed by atoms with Crippen LogP contribution in [0.5, 0.6) is 0 Å². The lowest BCUT2D eigenvalue weighted by Gasteiger charge is -2.41. The van der Waals surface area contributed by atoms with Gasteiger partial charge >= 0.3 is 0 Å². The van der Waals surface area contributed by atoms with Crippen molar-refractivity contribution in [3.8, 4) is 0 Å². The first-order chi connectivity index (χ1) is 10.2. The van der Waals surface area contributed by atoms with E-state index in [9.17, 15) is 0 Å². The molecule has 0 unspecified atom stereocenters. The van der Waals surface area contributed by atoms with Crippen LogP contribution in [-0.4, -0.2) is 63.8 Å². The van der Waals surface area contributed by atoms with Gasteiger partial charge in [0.2, 0.25) is 0 Å². The largest absolute Gasteiger partial charge is 0.380 e. The van der Waals surface area contributed by atoms with E-state index < -0.39 is 0 Å². The Kier molecular flexibility index (Phi) is 4.35. The number of anilines is 1. The molecule has 0 atom stereocenters. The van der Waals surface area contributed by atoms with Crippen molar-refractivity contribution in [2.24, 2.45) is 10.4 Å². The van der Waals surface area contributed by atoms with Crippen molar-refractivity contribution in [3.63, 3.8) is 0 Å². The fraction of sp³-hybridized carbons (Fsp3) is 0.667. The number of nitrogens with zero attached hydrogens (tertiary/aromatic N) is 3. The van der Waals surface area contributed by atoms with Crippen LogP contribution in [0, 0.1) is 5.41 Å². The molecule has 5 nitrogen and oxygen atoms in total. The SMILES string of the molecule is CN=C(NCC1(C)COC1)N1CCN(c2cccs2)CC1. The lowest BCUT2D eigenvalue weighted by atomic mass is 9.89. The molecule has 1 aromatic rings. The number of guanidine groups is 1. The van der Waals surface area contributed by atoms with E-state index >= 15 is 0 Å². The third-order valence-corrected chi connectivity index (χ3v) is 5.11. The normalized spacial score (nSPS) is 22.1. The molecule has 0 bridgehead atoms. The highest BCUT2D eigenvalue weighted by Crippen LogP contribution is 2.25. The molecule has 0 aromatic carbocycles. The summed E-state index contributed by atoms with van der Waals surface area (Å²) in [6, 6.07) is 4.32. The van der Waals surface area contributed by atoms with Crippen molar-refractivity contribution in [2.45, 2.75) is 6.92 Å². The van der Waals surface area contributed by atoms with Crippen molar-refractivity contribution in [2.75, 3.05) is 57.9 Å². The molecule has 6 heteroatoms. The summed E-state index contributed by atoms with van der Waals surface area (Å²) < 4.78 is 5.31. The molecular formula is C15H24N4OS. The molecule has 2 aliphatic heterocycles. The van der Waals surface area contributed by atoms with Gasteiger partial charge in [0.05, 0.1) is 18.2 Å². The van der Waals surface area contributed by atoms with Crippen LogP contribution in [0.25, 0.3) is 0 Å². The van der Waals surface area contributed by atoms with Gasteiger partial charge in [0.25, 0.3) is 0 Å². The van der Waals surface area contributed by atoms with Crippen molar-refractivity contribution in [3.05, 3.63) is 17.5 Å². The molecule has 0 amide bonds. The summed E-state index contributed by atoms with van der Waals surface area (Å²) in [5.74, 6) is 1.02. The fourth-order valence-corrected chi connectivity index (χ4v) is 3.55. The Hall–Kier alpha value is -1.27. The molecule has 116 valence electrons. The van der Waals surface area contributed by atoms with Crippen molar-refractivity contribution in [1.29, 1.82) is 0 Å². The maximum Gasteiger partial charge on any atom is 0.193 e. The van der Waals surface area contributed by atoms with Gasteiger partial charge in [-0.05, 0) is 17.5 Å². The number of aliphatic imine (C=N–C) groups is 1. The van der Waals surface area contributed by atoms with Gasteiger partial charge in [-0.15, -0.1) is 11.3 Å². The zero-order chi connectivity index (χ0) is 14.7. The molecular weight excluding hydrogens is 284 g/mol. The van der Waals surface area contributed by atoms with E-state index in [0.717, 1.165) is 51.9 Å². The summed E-state index contributed by atoms with van der Waals surface area (Å²) in [4.78, 5) is 9.24.